The van der Waals surface area contributed by atoms with Gasteiger partial charge < -0.3 is 14.6 Å². The molecular formula is C25H20ClF3N7O4+. The number of aromatic nitrogens is 4. The molecule has 1 aromatic heterocycles. The average Bonchev–Trinajstić information content (AvgIpc) is 3.52. The molecule has 3 aromatic carbocycles. The van der Waals surface area contributed by atoms with Gasteiger partial charge in [0.15, 0.2) is 5.75 Å². The fourth-order valence-corrected chi connectivity index (χ4v) is 4.63. The predicted molar refractivity (Wildman–Crippen MR) is 139 cm³/mol. The van der Waals surface area contributed by atoms with E-state index in [1.807, 2.05) is 0 Å². The molecular weight excluding hydrogens is 555 g/mol. The number of rotatable bonds is 6. The van der Waals surface area contributed by atoms with Crippen molar-refractivity contribution in [1.82, 2.24) is 25.1 Å². The van der Waals surface area contributed by atoms with Crippen LogP contribution in [0.2, 0.25) is 5.02 Å². The number of aromatic amines is 1. The molecule has 2 heterocycles. The van der Waals surface area contributed by atoms with Gasteiger partial charge in [-0.3, -0.25) is 4.90 Å². The van der Waals surface area contributed by atoms with Crippen LogP contribution in [0.4, 0.5) is 36.2 Å². The Kier molecular flexibility index (Phi) is 6.81. The number of H-pyrrole nitrogens is 1. The Morgan fingerprint density at radius 1 is 1.15 bits per heavy atom. The zero-order valence-corrected chi connectivity index (χ0v) is 21.6. The first-order chi connectivity index (χ1) is 19.0. The first-order valence-electron chi connectivity index (χ1n) is 11.5. The molecule has 1 atom stereocenters. The summed E-state index contributed by atoms with van der Waals surface area (Å²) in [5.74, 6) is -0.668. The predicted octanol–water partition coefficient (Wildman–Crippen LogP) is 5.22. The monoisotopic (exact) mass is 574 g/mol. The van der Waals surface area contributed by atoms with E-state index < -0.39 is 18.1 Å². The fourth-order valence-electron chi connectivity index (χ4n) is 4.42. The zero-order chi connectivity index (χ0) is 28.7. The lowest BCUT2D eigenvalue weighted by Crippen LogP contribution is -2.49. The molecule has 0 saturated carbocycles. The Morgan fingerprint density at radius 3 is 2.45 bits per heavy atom. The second kappa shape index (κ2) is 10.1. The number of carbonyl (C=O) groups excluding carboxylic acids is 1. The lowest BCUT2D eigenvalue weighted by molar-refractivity contribution is -0.274. The van der Waals surface area contributed by atoms with Crippen LogP contribution in [0.5, 0.6) is 11.5 Å². The maximum Gasteiger partial charge on any atom is 0.573 e. The molecule has 40 heavy (non-hydrogen) atoms. The van der Waals surface area contributed by atoms with Crippen LogP contribution in [0.15, 0.2) is 65.7 Å². The maximum atomic E-state index is 12.7. The van der Waals surface area contributed by atoms with Crippen molar-refractivity contribution in [3.63, 3.8) is 0 Å². The van der Waals surface area contributed by atoms with E-state index in [2.05, 4.69) is 25.4 Å². The Labute approximate surface area is 229 Å². The Morgan fingerprint density at radius 2 is 1.85 bits per heavy atom. The number of benzene rings is 3. The van der Waals surface area contributed by atoms with Crippen molar-refractivity contribution in [1.29, 1.82) is 0 Å². The average molecular weight is 575 g/mol. The first-order valence-corrected chi connectivity index (χ1v) is 11.9. The number of phenolic OH excluding ortho intramolecular Hbond substituents is 1. The summed E-state index contributed by atoms with van der Waals surface area (Å²) in [5.41, 5.74) is 2.21. The second-order valence-corrected chi connectivity index (χ2v) is 9.18. The molecule has 1 aliphatic rings. The van der Waals surface area contributed by atoms with Crippen molar-refractivity contribution in [2.24, 2.45) is 4.99 Å². The van der Waals surface area contributed by atoms with Gasteiger partial charge in [0.05, 0.1) is 32.0 Å². The SMILES string of the molecule is COC(=O)c1ccc(CN2C(=Nc3ccc(OC(F)(F)F)cc3)[N+](C)(c3nn[nH]n3)c3c(O)cc(Cl)cc32)cc1. The number of anilines is 1. The summed E-state index contributed by atoms with van der Waals surface area (Å²) in [7, 11) is 2.96. The minimum Gasteiger partial charge on any atom is -0.503 e. The van der Waals surface area contributed by atoms with Crippen LogP contribution in [0.25, 0.3) is 0 Å². The summed E-state index contributed by atoms with van der Waals surface area (Å²) in [6.07, 6.45) is -4.84. The highest BCUT2D eigenvalue weighted by Crippen LogP contribution is 2.52. The number of aliphatic imine (C=N–C) groups is 1. The molecule has 0 bridgehead atoms. The van der Waals surface area contributed by atoms with Crippen molar-refractivity contribution < 1.29 is 32.5 Å². The Hall–Kier alpha value is -4.69. The molecule has 5 rings (SSSR count). The molecule has 0 spiro atoms. The van der Waals surface area contributed by atoms with Crippen LogP contribution in [0, 0.1) is 0 Å². The lowest BCUT2D eigenvalue weighted by Gasteiger charge is -2.26. The molecule has 0 amide bonds. The number of aromatic hydroxyl groups is 1. The number of quaternary nitrogens is 1. The third-order valence-corrected chi connectivity index (χ3v) is 6.38. The van der Waals surface area contributed by atoms with Crippen LogP contribution in [0.3, 0.4) is 0 Å². The van der Waals surface area contributed by atoms with E-state index in [-0.39, 0.29) is 39.4 Å². The summed E-state index contributed by atoms with van der Waals surface area (Å²) in [6, 6.07) is 14.7. The van der Waals surface area contributed by atoms with Crippen LogP contribution in [0.1, 0.15) is 15.9 Å². The number of methoxy groups -OCH3 is 1. The number of nitrogens with zero attached hydrogens (tertiary/aromatic N) is 6. The van der Waals surface area contributed by atoms with Gasteiger partial charge in [-0.15, -0.1) is 13.2 Å². The molecule has 0 fully saturated rings. The van der Waals surface area contributed by atoms with Gasteiger partial charge >= 0.3 is 24.2 Å². The number of carbonyl (C=O) groups is 1. The van der Waals surface area contributed by atoms with Gasteiger partial charge in [-0.1, -0.05) is 33.9 Å². The van der Waals surface area contributed by atoms with Gasteiger partial charge in [-0.25, -0.2) is 4.79 Å². The van der Waals surface area contributed by atoms with Gasteiger partial charge in [0, 0.05) is 11.1 Å². The van der Waals surface area contributed by atoms with Crippen molar-refractivity contribution in [3.05, 3.63) is 76.8 Å². The molecule has 0 aliphatic carbocycles. The van der Waals surface area contributed by atoms with Crippen molar-refractivity contribution in [2.75, 3.05) is 19.1 Å². The summed E-state index contributed by atoms with van der Waals surface area (Å²) < 4.78 is 46.3. The van der Waals surface area contributed by atoms with Gasteiger partial charge in [0.1, 0.15) is 11.4 Å². The van der Waals surface area contributed by atoms with Gasteiger partial charge in [-0.2, -0.15) is 14.7 Å². The summed E-state index contributed by atoms with van der Waals surface area (Å²) in [5, 5.41) is 25.6. The Bertz CT molecular complexity index is 1580. The van der Waals surface area contributed by atoms with Crippen molar-refractivity contribution in [3.8, 4) is 11.5 Å². The number of fused-ring (bicyclic) bond motifs is 1. The van der Waals surface area contributed by atoms with Crippen LogP contribution < -0.4 is 14.1 Å². The topological polar surface area (TPSA) is 126 Å². The number of alkyl halides is 3. The third-order valence-electron chi connectivity index (χ3n) is 6.16. The van der Waals surface area contributed by atoms with Crippen LogP contribution in [-0.4, -0.2) is 58.2 Å². The maximum absolute atomic E-state index is 12.7. The number of hydrogen-bond donors (Lipinski definition) is 2. The number of halogens is 4. The summed E-state index contributed by atoms with van der Waals surface area (Å²) in [6.45, 7) is 0.189. The molecule has 1 unspecified atom stereocenters. The summed E-state index contributed by atoms with van der Waals surface area (Å²) in [4.78, 5) is 18.4. The van der Waals surface area contributed by atoms with E-state index in [9.17, 15) is 23.1 Å². The zero-order valence-electron chi connectivity index (χ0n) is 20.8. The van der Waals surface area contributed by atoms with E-state index in [1.54, 1.807) is 42.3 Å². The number of guanidine groups is 1. The molecule has 2 N–H and O–H groups in total. The number of nitrogens with one attached hydrogen (secondary N) is 1. The lowest BCUT2D eigenvalue weighted by atomic mass is 10.1. The number of ether oxygens (including phenoxy) is 2. The molecule has 4 aromatic rings. The Balaban J connectivity index is 1.65. The van der Waals surface area contributed by atoms with Crippen LogP contribution in [-0.2, 0) is 11.3 Å². The molecule has 0 saturated heterocycles. The molecule has 11 nitrogen and oxygen atoms in total. The van der Waals surface area contributed by atoms with Gasteiger partial charge in [0.25, 0.3) is 0 Å². The quantitative estimate of drug-likeness (QED) is 0.237. The van der Waals surface area contributed by atoms with E-state index in [4.69, 9.17) is 21.3 Å². The summed E-state index contributed by atoms with van der Waals surface area (Å²) >= 11 is 6.32. The normalized spacial score (nSPS) is 17.6. The highest BCUT2D eigenvalue weighted by molar-refractivity contribution is 6.32. The number of hydrogen-bond acceptors (Lipinski definition) is 8. The second-order valence-electron chi connectivity index (χ2n) is 8.74. The smallest absolute Gasteiger partial charge is 0.503 e. The minimum absolute atomic E-state index is 0.123. The number of phenols is 1. The molecule has 206 valence electrons. The number of esters is 1. The van der Waals surface area contributed by atoms with Crippen molar-refractivity contribution in [2.45, 2.75) is 12.9 Å². The standard InChI is InChI=1S/C25H19ClF3N7O4/c1-36(23-31-33-34-32-23)21-19(11-16(26)12-20(21)37)35(13-14-3-5-15(6-4-14)22(38)39-2)24(36)30-17-7-9-18(10-8-17)40-25(27,28)29/h3-12H,13H2,1-2H3,(H-,31,32,33,34,37)/p+1. The van der Waals surface area contributed by atoms with Crippen molar-refractivity contribution >= 4 is 46.5 Å². The van der Waals surface area contributed by atoms with Crippen LogP contribution >= 0.6 is 11.6 Å². The number of tetrazole rings is 1. The molecule has 15 heteroatoms. The van der Waals surface area contributed by atoms with E-state index in [0.717, 1.165) is 17.7 Å². The fraction of sp³-hybridized carbons (Fsp3) is 0.160. The van der Waals surface area contributed by atoms with E-state index >= 15 is 0 Å². The largest absolute Gasteiger partial charge is 0.573 e. The first kappa shape index (κ1) is 26.9. The highest BCUT2D eigenvalue weighted by atomic mass is 35.5. The molecule has 0 radical (unpaired) electrons. The minimum atomic E-state index is -4.84. The van der Waals surface area contributed by atoms with E-state index in [0.29, 0.717) is 16.9 Å². The van der Waals surface area contributed by atoms with Gasteiger partial charge in [-0.05, 0) is 53.2 Å². The van der Waals surface area contributed by atoms with Gasteiger partial charge in [0.2, 0.25) is 5.69 Å². The highest BCUT2D eigenvalue weighted by Gasteiger charge is 2.54. The third kappa shape index (κ3) is 5.01. The van der Waals surface area contributed by atoms with E-state index in [1.165, 1.54) is 25.3 Å². The molecule has 1 aliphatic heterocycles.